The first-order valence-corrected chi connectivity index (χ1v) is 11.0. The normalized spacial score (nSPS) is 14.5. The molecule has 0 aromatic carbocycles. The van der Waals surface area contributed by atoms with Gasteiger partial charge >= 0.3 is 5.97 Å². The van der Waals surface area contributed by atoms with Crippen molar-refractivity contribution in [1.82, 2.24) is 0 Å². The second-order valence-electron chi connectivity index (χ2n) is 7.43. The summed E-state index contributed by atoms with van der Waals surface area (Å²) < 4.78 is 15.9. The standard InChI is InChI=1S/C21H42O8/c1-2-3-4-5-6-7-8-9-10-11-21(26)29-17-20(28-15-19(25)13-23)16-27-14-18(24)12-22/h18-20,22-25H,2-17H2,1H3/t18-,19-,20+/m0/s1. The van der Waals surface area contributed by atoms with Crippen molar-refractivity contribution in [2.24, 2.45) is 0 Å². The van der Waals surface area contributed by atoms with E-state index in [9.17, 15) is 15.0 Å². The maximum atomic E-state index is 11.9. The number of carbonyl (C=O) groups is 1. The fourth-order valence-corrected chi connectivity index (χ4v) is 2.67. The molecule has 0 aromatic rings. The minimum atomic E-state index is -1.03. The van der Waals surface area contributed by atoms with Gasteiger partial charge in [-0.1, -0.05) is 58.3 Å². The van der Waals surface area contributed by atoms with Gasteiger partial charge in [0.05, 0.1) is 33.0 Å². The molecule has 0 fully saturated rings. The van der Waals surface area contributed by atoms with E-state index in [4.69, 9.17) is 24.4 Å². The number of hydrogen-bond acceptors (Lipinski definition) is 8. The average molecular weight is 423 g/mol. The van der Waals surface area contributed by atoms with E-state index < -0.39 is 31.5 Å². The topological polar surface area (TPSA) is 126 Å². The van der Waals surface area contributed by atoms with Gasteiger partial charge in [-0.3, -0.25) is 4.79 Å². The Morgan fingerprint density at radius 2 is 1.31 bits per heavy atom. The predicted molar refractivity (Wildman–Crippen MR) is 110 cm³/mol. The lowest BCUT2D eigenvalue weighted by atomic mass is 10.1. The molecule has 0 aliphatic carbocycles. The van der Waals surface area contributed by atoms with Gasteiger partial charge in [-0.05, 0) is 6.42 Å². The van der Waals surface area contributed by atoms with E-state index in [1.807, 2.05) is 0 Å². The molecular weight excluding hydrogens is 380 g/mol. The molecule has 29 heavy (non-hydrogen) atoms. The molecule has 4 N–H and O–H groups in total. The predicted octanol–water partition coefficient (Wildman–Crippen LogP) is 1.56. The summed E-state index contributed by atoms with van der Waals surface area (Å²) in [6.07, 6.45) is 8.26. The first-order chi connectivity index (χ1) is 14.0. The second-order valence-corrected chi connectivity index (χ2v) is 7.43. The highest BCUT2D eigenvalue weighted by Crippen LogP contribution is 2.11. The summed E-state index contributed by atoms with van der Waals surface area (Å²) in [5.41, 5.74) is 0. The van der Waals surface area contributed by atoms with Gasteiger partial charge in [-0.15, -0.1) is 0 Å². The molecule has 0 saturated heterocycles. The lowest BCUT2D eigenvalue weighted by molar-refractivity contribution is -0.152. The van der Waals surface area contributed by atoms with Gasteiger partial charge in [0, 0.05) is 6.42 Å². The molecule has 0 heterocycles. The molecule has 174 valence electrons. The molecule has 0 aromatic heterocycles. The van der Waals surface area contributed by atoms with Crippen LogP contribution in [0.2, 0.25) is 0 Å². The van der Waals surface area contributed by atoms with Gasteiger partial charge < -0.3 is 34.6 Å². The molecule has 0 unspecified atom stereocenters. The molecule has 0 saturated carbocycles. The highest BCUT2D eigenvalue weighted by Gasteiger charge is 2.16. The van der Waals surface area contributed by atoms with Crippen molar-refractivity contribution < 1.29 is 39.4 Å². The first kappa shape index (κ1) is 28.2. The monoisotopic (exact) mass is 422 g/mol. The highest BCUT2D eigenvalue weighted by atomic mass is 16.6. The molecule has 0 spiro atoms. The van der Waals surface area contributed by atoms with Crippen molar-refractivity contribution >= 4 is 5.97 Å². The van der Waals surface area contributed by atoms with Crippen molar-refractivity contribution in [1.29, 1.82) is 0 Å². The molecule has 0 rings (SSSR count). The smallest absolute Gasteiger partial charge is 0.305 e. The number of ether oxygens (including phenoxy) is 3. The summed E-state index contributed by atoms with van der Waals surface area (Å²) in [6, 6.07) is 0. The lowest BCUT2D eigenvalue weighted by Gasteiger charge is -2.20. The molecule has 8 heteroatoms. The maximum Gasteiger partial charge on any atom is 0.305 e. The zero-order valence-electron chi connectivity index (χ0n) is 18.0. The summed E-state index contributed by atoms with van der Waals surface area (Å²) in [7, 11) is 0. The fraction of sp³-hybridized carbons (Fsp3) is 0.952. The summed E-state index contributed by atoms with van der Waals surface area (Å²) in [4.78, 5) is 11.9. The number of aliphatic hydroxyl groups excluding tert-OH is 4. The van der Waals surface area contributed by atoms with Crippen LogP contribution in [0.15, 0.2) is 0 Å². The summed E-state index contributed by atoms with van der Waals surface area (Å²) >= 11 is 0. The molecule has 0 bridgehead atoms. The molecule has 8 nitrogen and oxygen atoms in total. The third-order valence-electron chi connectivity index (χ3n) is 4.47. The Bertz CT molecular complexity index is 367. The molecule has 3 atom stereocenters. The third-order valence-corrected chi connectivity index (χ3v) is 4.47. The third kappa shape index (κ3) is 19.0. The van der Waals surface area contributed by atoms with E-state index in [0.29, 0.717) is 6.42 Å². The Hall–Kier alpha value is -0.770. The van der Waals surface area contributed by atoms with Gasteiger partial charge in [-0.25, -0.2) is 0 Å². The van der Waals surface area contributed by atoms with Crippen LogP contribution in [0.4, 0.5) is 0 Å². The number of unbranched alkanes of at least 4 members (excludes halogenated alkanes) is 8. The molecule has 0 aliphatic rings. The minimum Gasteiger partial charge on any atom is -0.463 e. The van der Waals surface area contributed by atoms with Gasteiger partial charge in [0.1, 0.15) is 24.9 Å². The van der Waals surface area contributed by atoms with Crippen LogP contribution in [0, 0.1) is 0 Å². The quantitative estimate of drug-likeness (QED) is 0.162. The Morgan fingerprint density at radius 3 is 1.90 bits per heavy atom. The average Bonchev–Trinajstić information content (AvgIpc) is 2.73. The van der Waals surface area contributed by atoms with Crippen LogP contribution in [-0.4, -0.2) is 84.3 Å². The van der Waals surface area contributed by atoms with Gasteiger partial charge in [0.2, 0.25) is 0 Å². The number of rotatable bonds is 21. The SMILES string of the molecule is CCCCCCCCCCCC(=O)OC[C@@H](COC[C@@H](O)CO)OC[C@@H](O)CO. The highest BCUT2D eigenvalue weighted by molar-refractivity contribution is 5.69. The maximum absolute atomic E-state index is 11.9. The van der Waals surface area contributed by atoms with Crippen molar-refractivity contribution in [3.05, 3.63) is 0 Å². The van der Waals surface area contributed by atoms with E-state index in [2.05, 4.69) is 6.92 Å². The van der Waals surface area contributed by atoms with E-state index in [1.165, 1.54) is 38.5 Å². The van der Waals surface area contributed by atoms with Gasteiger partial charge in [0.15, 0.2) is 0 Å². The molecule has 0 radical (unpaired) electrons. The van der Waals surface area contributed by atoms with Crippen molar-refractivity contribution in [3.63, 3.8) is 0 Å². The fourth-order valence-electron chi connectivity index (χ4n) is 2.67. The Balaban J connectivity index is 3.91. The minimum absolute atomic E-state index is 0.0283. The lowest BCUT2D eigenvalue weighted by Crippen LogP contribution is -2.33. The van der Waals surface area contributed by atoms with Crippen molar-refractivity contribution in [2.45, 2.75) is 89.4 Å². The van der Waals surface area contributed by atoms with E-state index in [1.54, 1.807) is 0 Å². The summed E-state index contributed by atoms with van der Waals surface area (Å²) in [5, 5.41) is 36.3. The number of hydrogen-bond donors (Lipinski definition) is 4. The number of esters is 1. The Morgan fingerprint density at radius 1 is 0.759 bits per heavy atom. The zero-order chi connectivity index (χ0) is 21.7. The zero-order valence-corrected chi connectivity index (χ0v) is 18.0. The molecular formula is C21H42O8. The Kier molecular flexibility index (Phi) is 20.0. The van der Waals surface area contributed by atoms with Crippen LogP contribution >= 0.6 is 0 Å². The van der Waals surface area contributed by atoms with Gasteiger partial charge in [-0.2, -0.15) is 0 Å². The Labute approximate surface area is 175 Å². The van der Waals surface area contributed by atoms with Crippen LogP contribution in [0.3, 0.4) is 0 Å². The van der Waals surface area contributed by atoms with Crippen molar-refractivity contribution in [2.75, 3.05) is 39.6 Å². The van der Waals surface area contributed by atoms with E-state index in [-0.39, 0.29) is 32.4 Å². The molecule has 0 aliphatic heterocycles. The van der Waals surface area contributed by atoms with Crippen LogP contribution in [0.1, 0.15) is 71.1 Å². The summed E-state index contributed by atoms with van der Waals surface area (Å²) in [5.74, 6) is -0.306. The largest absolute Gasteiger partial charge is 0.463 e. The van der Waals surface area contributed by atoms with E-state index in [0.717, 1.165) is 19.3 Å². The second kappa shape index (κ2) is 20.5. The van der Waals surface area contributed by atoms with Crippen LogP contribution in [0.25, 0.3) is 0 Å². The number of aliphatic hydroxyl groups is 4. The van der Waals surface area contributed by atoms with Gasteiger partial charge in [0.25, 0.3) is 0 Å². The van der Waals surface area contributed by atoms with Crippen LogP contribution in [-0.2, 0) is 19.0 Å². The first-order valence-electron chi connectivity index (χ1n) is 11.0. The van der Waals surface area contributed by atoms with Crippen molar-refractivity contribution in [3.8, 4) is 0 Å². The number of carbonyl (C=O) groups excluding carboxylic acids is 1. The van der Waals surface area contributed by atoms with Crippen LogP contribution < -0.4 is 0 Å². The van der Waals surface area contributed by atoms with E-state index >= 15 is 0 Å². The molecule has 0 amide bonds. The van der Waals surface area contributed by atoms with Crippen LogP contribution in [0.5, 0.6) is 0 Å². The summed E-state index contributed by atoms with van der Waals surface area (Å²) in [6.45, 7) is 1.15.